The molecule has 0 aromatic carbocycles. The second kappa shape index (κ2) is 3.83. The minimum absolute atomic E-state index is 0.0367. The molecule has 84 valence electrons. The maximum absolute atomic E-state index is 11.8. The quantitative estimate of drug-likeness (QED) is 0.751. The van der Waals surface area contributed by atoms with Crippen LogP contribution in [0.5, 0.6) is 0 Å². The van der Waals surface area contributed by atoms with Crippen LogP contribution in [0.1, 0.15) is 44.9 Å². The van der Waals surface area contributed by atoms with Crippen molar-refractivity contribution in [1.29, 1.82) is 0 Å². The maximum Gasteiger partial charge on any atom is 0.329 e. The first-order valence-corrected chi connectivity index (χ1v) is 5.71. The largest absolute Gasteiger partial charge is 0.479 e. The molecule has 2 rings (SSSR count). The normalized spacial score (nSPS) is 25.6. The molecule has 0 spiro atoms. The molecule has 0 aromatic rings. The molecule has 0 atom stereocenters. The van der Waals surface area contributed by atoms with Gasteiger partial charge in [0.1, 0.15) is 5.54 Å². The lowest BCUT2D eigenvalue weighted by Gasteiger charge is -2.46. The van der Waals surface area contributed by atoms with Crippen LogP contribution in [0, 0.1) is 0 Å². The van der Waals surface area contributed by atoms with Crippen LogP contribution in [0.25, 0.3) is 0 Å². The maximum atomic E-state index is 11.8. The van der Waals surface area contributed by atoms with E-state index in [0.29, 0.717) is 25.8 Å². The summed E-state index contributed by atoms with van der Waals surface area (Å²) in [6, 6.07) is 0. The van der Waals surface area contributed by atoms with Crippen molar-refractivity contribution >= 4 is 11.9 Å². The number of likely N-dealkylation sites (tertiary alicyclic amines) is 1. The summed E-state index contributed by atoms with van der Waals surface area (Å²) in [5, 5.41) is 9.25. The zero-order chi connectivity index (χ0) is 10.9. The van der Waals surface area contributed by atoms with Crippen LogP contribution in [0.3, 0.4) is 0 Å². The molecule has 0 radical (unpaired) electrons. The molecule has 1 N–H and O–H groups in total. The van der Waals surface area contributed by atoms with Gasteiger partial charge in [0.25, 0.3) is 0 Å². The average molecular weight is 211 g/mol. The van der Waals surface area contributed by atoms with Gasteiger partial charge >= 0.3 is 5.97 Å². The number of carbonyl (C=O) groups is 2. The Bertz CT molecular complexity index is 284. The van der Waals surface area contributed by atoms with Gasteiger partial charge in [-0.3, -0.25) is 4.79 Å². The molecule has 4 heteroatoms. The fourth-order valence-corrected chi connectivity index (χ4v) is 2.55. The summed E-state index contributed by atoms with van der Waals surface area (Å²) in [5.41, 5.74) is -0.846. The monoisotopic (exact) mass is 211 g/mol. The lowest BCUT2D eigenvalue weighted by Crippen LogP contribution is -2.61. The van der Waals surface area contributed by atoms with E-state index in [-0.39, 0.29) is 5.91 Å². The number of rotatable bonds is 2. The summed E-state index contributed by atoms with van der Waals surface area (Å²) in [6.45, 7) is 0.630. The third-order valence-electron chi connectivity index (χ3n) is 3.67. The van der Waals surface area contributed by atoms with Gasteiger partial charge < -0.3 is 10.0 Å². The summed E-state index contributed by atoms with van der Waals surface area (Å²) in [7, 11) is 0. The van der Waals surface area contributed by atoms with E-state index >= 15 is 0 Å². The smallest absolute Gasteiger partial charge is 0.329 e. The Morgan fingerprint density at radius 1 is 1.20 bits per heavy atom. The van der Waals surface area contributed by atoms with Crippen molar-refractivity contribution in [1.82, 2.24) is 4.90 Å². The topological polar surface area (TPSA) is 57.6 Å². The Balaban J connectivity index is 2.18. The Morgan fingerprint density at radius 3 is 2.47 bits per heavy atom. The van der Waals surface area contributed by atoms with Gasteiger partial charge in [0.15, 0.2) is 0 Å². The summed E-state index contributed by atoms with van der Waals surface area (Å²) >= 11 is 0. The van der Waals surface area contributed by atoms with E-state index in [1.54, 1.807) is 4.90 Å². The molecular weight excluding hydrogens is 194 g/mol. The number of carboxylic acids is 1. The Hall–Kier alpha value is -1.06. The molecule has 1 saturated carbocycles. The van der Waals surface area contributed by atoms with Crippen molar-refractivity contribution in [2.75, 3.05) is 6.54 Å². The molecule has 0 aromatic heterocycles. The minimum atomic E-state index is -0.846. The van der Waals surface area contributed by atoms with Crippen LogP contribution in [0.15, 0.2) is 0 Å². The van der Waals surface area contributed by atoms with Gasteiger partial charge in [-0.25, -0.2) is 4.79 Å². The molecule has 15 heavy (non-hydrogen) atoms. The number of nitrogens with zero attached hydrogens (tertiary/aromatic N) is 1. The molecule has 1 saturated heterocycles. The molecule has 1 heterocycles. The van der Waals surface area contributed by atoms with Gasteiger partial charge in [-0.05, 0) is 32.1 Å². The predicted octanol–water partition coefficient (Wildman–Crippen LogP) is 1.40. The summed E-state index contributed by atoms with van der Waals surface area (Å²) < 4.78 is 0. The van der Waals surface area contributed by atoms with Crippen molar-refractivity contribution in [2.45, 2.75) is 50.5 Å². The van der Waals surface area contributed by atoms with E-state index in [1.807, 2.05) is 0 Å². The van der Waals surface area contributed by atoms with E-state index < -0.39 is 11.5 Å². The van der Waals surface area contributed by atoms with E-state index in [4.69, 9.17) is 0 Å². The van der Waals surface area contributed by atoms with Crippen LogP contribution in [-0.4, -0.2) is 34.0 Å². The van der Waals surface area contributed by atoms with Crippen molar-refractivity contribution in [3.05, 3.63) is 0 Å². The van der Waals surface area contributed by atoms with Crippen molar-refractivity contribution < 1.29 is 14.7 Å². The molecule has 0 bridgehead atoms. The van der Waals surface area contributed by atoms with Crippen molar-refractivity contribution in [3.63, 3.8) is 0 Å². The molecular formula is C11H17NO3. The number of hydrogen-bond acceptors (Lipinski definition) is 2. The fraction of sp³-hybridized carbons (Fsp3) is 0.818. The molecule has 1 aliphatic carbocycles. The minimum Gasteiger partial charge on any atom is -0.479 e. The van der Waals surface area contributed by atoms with Crippen molar-refractivity contribution in [2.24, 2.45) is 0 Å². The molecule has 1 amide bonds. The molecule has 1 aliphatic heterocycles. The number of amides is 1. The Morgan fingerprint density at radius 2 is 1.93 bits per heavy atom. The average Bonchev–Trinajstić information content (AvgIpc) is 2.29. The van der Waals surface area contributed by atoms with E-state index in [2.05, 4.69) is 0 Å². The van der Waals surface area contributed by atoms with Crippen LogP contribution >= 0.6 is 0 Å². The number of aliphatic carboxylic acids is 1. The summed E-state index contributed by atoms with van der Waals surface area (Å²) in [5.74, 6) is -0.779. The van der Waals surface area contributed by atoms with Crippen LogP contribution in [0.2, 0.25) is 0 Å². The van der Waals surface area contributed by atoms with E-state index in [9.17, 15) is 14.7 Å². The van der Waals surface area contributed by atoms with Gasteiger partial charge in [0.2, 0.25) is 5.91 Å². The third-order valence-corrected chi connectivity index (χ3v) is 3.67. The van der Waals surface area contributed by atoms with Gasteiger partial charge in [-0.1, -0.05) is 6.42 Å². The van der Waals surface area contributed by atoms with Gasteiger partial charge in [0, 0.05) is 13.0 Å². The van der Waals surface area contributed by atoms with E-state index in [1.165, 1.54) is 0 Å². The third kappa shape index (κ3) is 1.62. The first-order chi connectivity index (χ1) is 7.17. The SMILES string of the molecule is O=C1CCCCCN1C1(C(=O)O)CCC1. The van der Waals surface area contributed by atoms with E-state index in [0.717, 1.165) is 25.7 Å². The van der Waals surface area contributed by atoms with Crippen molar-refractivity contribution in [3.8, 4) is 0 Å². The zero-order valence-corrected chi connectivity index (χ0v) is 8.87. The van der Waals surface area contributed by atoms with Gasteiger partial charge in [0.05, 0.1) is 0 Å². The van der Waals surface area contributed by atoms with Gasteiger partial charge in [-0.2, -0.15) is 0 Å². The highest BCUT2D eigenvalue weighted by Gasteiger charge is 2.51. The second-order valence-electron chi connectivity index (χ2n) is 4.55. The summed E-state index contributed by atoms with van der Waals surface area (Å²) in [6.07, 6.45) is 5.61. The lowest BCUT2D eigenvalue weighted by atomic mass is 9.75. The van der Waals surface area contributed by atoms with Gasteiger partial charge in [-0.15, -0.1) is 0 Å². The highest BCUT2D eigenvalue weighted by atomic mass is 16.4. The zero-order valence-electron chi connectivity index (χ0n) is 8.87. The molecule has 0 unspecified atom stereocenters. The lowest BCUT2D eigenvalue weighted by molar-refractivity contribution is -0.165. The predicted molar refractivity (Wildman–Crippen MR) is 54.4 cm³/mol. The van der Waals surface area contributed by atoms with Crippen LogP contribution in [-0.2, 0) is 9.59 Å². The fourth-order valence-electron chi connectivity index (χ4n) is 2.55. The number of hydrogen-bond donors (Lipinski definition) is 1. The Labute approximate surface area is 89.3 Å². The highest BCUT2D eigenvalue weighted by Crippen LogP contribution is 2.39. The first kappa shape index (κ1) is 10.5. The molecule has 2 aliphatic rings. The second-order valence-corrected chi connectivity index (χ2v) is 4.55. The van der Waals surface area contributed by atoms with Crippen LogP contribution in [0.4, 0.5) is 0 Å². The highest BCUT2D eigenvalue weighted by molar-refractivity contribution is 5.88. The number of carboxylic acid groups (broad SMARTS) is 1. The summed E-state index contributed by atoms with van der Waals surface area (Å²) in [4.78, 5) is 24.7. The van der Waals surface area contributed by atoms with Crippen LogP contribution < -0.4 is 0 Å². The molecule has 4 nitrogen and oxygen atoms in total. The number of carbonyl (C=O) groups excluding carboxylic acids is 1. The molecule has 2 fully saturated rings. The Kier molecular flexibility index (Phi) is 2.67. The first-order valence-electron chi connectivity index (χ1n) is 5.71. The standard InChI is InChI=1S/C11H17NO3/c13-9-5-2-1-3-8-12(9)11(10(14)15)6-4-7-11/h1-8H2,(H,14,15).